The zero-order valence-electron chi connectivity index (χ0n) is 15.7. The lowest BCUT2D eigenvalue weighted by Gasteiger charge is -2.26. The van der Waals surface area contributed by atoms with Gasteiger partial charge >= 0.3 is 0 Å². The predicted molar refractivity (Wildman–Crippen MR) is 105 cm³/mol. The van der Waals surface area contributed by atoms with Crippen molar-refractivity contribution in [3.05, 3.63) is 48.2 Å². The number of rotatable bonds is 4. The van der Waals surface area contributed by atoms with Crippen LogP contribution in [0.25, 0.3) is 21.9 Å². The van der Waals surface area contributed by atoms with Gasteiger partial charge in [0.15, 0.2) is 0 Å². The van der Waals surface area contributed by atoms with Gasteiger partial charge in [-0.15, -0.1) is 5.10 Å². The Labute approximate surface area is 162 Å². The second-order valence-corrected chi connectivity index (χ2v) is 7.87. The molecule has 0 unspecified atom stereocenters. The van der Waals surface area contributed by atoms with Gasteiger partial charge in [0, 0.05) is 36.8 Å². The zero-order valence-corrected chi connectivity index (χ0v) is 15.7. The maximum Gasteiger partial charge on any atom is 0.132 e. The van der Waals surface area contributed by atoms with Gasteiger partial charge in [-0.2, -0.15) is 0 Å². The Hall–Kier alpha value is -2.80. The predicted octanol–water partition coefficient (Wildman–Crippen LogP) is 3.45. The molecular formula is C21H22N6O. The van der Waals surface area contributed by atoms with Gasteiger partial charge in [0.25, 0.3) is 0 Å². The summed E-state index contributed by atoms with van der Waals surface area (Å²) in [5.41, 5.74) is 4.24. The molecule has 7 heteroatoms. The van der Waals surface area contributed by atoms with Gasteiger partial charge in [-0.1, -0.05) is 23.4 Å². The second-order valence-electron chi connectivity index (χ2n) is 7.87. The van der Waals surface area contributed by atoms with Crippen LogP contribution in [0.1, 0.15) is 49.2 Å². The van der Waals surface area contributed by atoms with E-state index in [-0.39, 0.29) is 0 Å². The summed E-state index contributed by atoms with van der Waals surface area (Å²) in [7, 11) is 0. The van der Waals surface area contributed by atoms with E-state index in [1.165, 1.54) is 18.4 Å². The number of para-hydroxylation sites is 1. The first kappa shape index (κ1) is 16.2. The molecule has 0 spiro atoms. The Kier molecular flexibility index (Phi) is 3.68. The van der Waals surface area contributed by atoms with E-state index in [4.69, 9.17) is 9.72 Å². The molecule has 4 heterocycles. The van der Waals surface area contributed by atoms with Crippen molar-refractivity contribution in [2.24, 2.45) is 0 Å². The highest BCUT2D eigenvalue weighted by Crippen LogP contribution is 2.38. The van der Waals surface area contributed by atoms with Crippen molar-refractivity contribution >= 4 is 21.9 Å². The van der Waals surface area contributed by atoms with Gasteiger partial charge in [0.05, 0.1) is 22.9 Å². The van der Waals surface area contributed by atoms with Crippen LogP contribution in [0.5, 0.6) is 0 Å². The molecule has 28 heavy (non-hydrogen) atoms. The highest BCUT2D eigenvalue weighted by molar-refractivity contribution is 6.02. The summed E-state index contributed by atoms with van der Waals surface area (Å²) in [6.45, 7) is 2.21. The SMILES string of the molecule is c1ccc2c(c1)ncc1nc(Cn3cc(C4CC4)nn3)n(C3CCOCC3)c12. The summed E-state index contributed by atoms with van der Waals surface area (Å²) in [6, 6.07) is 8.70. The number of hydrogen-bond acceptors (Lipinski definition) is 5. The minimum Gasteiger partial charge on any atom is -0.381 e. The number of benzene rings is 1. The maximum atomic E-state index is 5.62. The molecule has 1 saturated carbocycles. The molecule has 0 atom stereocenters. The van der Waals surface area contributed by atoms with E-state index in [9.17, 15) is 0 Å². The maximum absolute atomic E-state index is 5.62. The smallest absolute Gasteiger partial charge is 0.132 e. The molecule has 1 aliphatic carbocycles. The van der Waals surface area contributed by atoms with Gasteiger partial charge in [0.1, 0.15) is 17.9 Å². The van der Waals surface area contributed by atoms with Crippen molar-refractivity contribution in [1.29, 1.82) is 0 Å². The third-order valence-corrected chi connectivity index (χ3v) is 5.91. The van der Waals surface area contributed by atoms with Crippen LogP contribution in [0.3, 0.4) is 0 Å². The van der Waals surface area contributed by atoms with Crippen LogP contribution in [0, 0.1) is 0 Å². The standard InChI is InChI=1S/C21H22N6O/c1-2-4-17-16(3-1)21-18(11-22-17)23-20(27(21)15-7-9-28-10-8-15)13-26-12-19(24-25-26)14-5-6-14/h1-4,11-12,14-15H,5-10,13H2. The van der Waals surface area contributed by atoms with E-state index in [1.807, 2.05) is 16.9 Å². The highest BCUT2D eigenvalue weighted by atomic mass is 16.5. The molecular weight excluding hydrogens is 352 g/mol. The molecule has 2 aliphatic rings. The number of imidazole rings is 1. The third-order valence-electron chi connectivity index (χ3n) is 5.91. The summed E-state index contributed by atoms with van der Waals surface area (Å²) in [5, 5.41) is 9.88. The number of pyridine rings is 1. The van der Waals surface area contributed by atoms with Crippen molar-refractivity contribution in [3.63, 3.8) is 0 Å². The Morgan fingerprint density at radius 2 is 1.89 bits per heavy atom. The van der Waals surface area contributed by atoms with Gasteiger partial charge < -0.3 is 9.30 Å². The molecule has 4 aromatic rings. The molecule has 0 radical (unpaired) electrons. The van der Waals surface area contributed by atoms with Gasteiger partial charge in [-0.25, -0.2) is 9.67 Å². The number of nitrogens with zero attached hydrogens (tertiary/aromatic N) is 6. The van der Waals surface area contributed by atoms with E-state index >= 15 is 0 Å². The van der Waals surface area contributed by atoms with E-state index in [0.29, 0.717) is 18.5 Å². The Morgan fingerprint density at radius 3 is 2.75 bits per heavy atom. The molecule has 0 N–H and O–H groups in total. The summed E-state index contributed by atoms with van der Waals surface area (Å²) in [4.78, 5) is 9.59. The fourth-order valence-electron chi connectivity index (χ4n) is 4.32. The van der Waals surface area contributed by atoms with Crippen LogP contribution in [0.2, 0.25) is 0 Å². The van der Waals surface area contributed by atoms with Crippen molar-refractivity contribution in [2.75, 3.05) is 13.2 Å². The Balaban J connectivity index is 1.50. The fourth-order valence-corrected chi connectivity index (χ4v) is 4.32. The largest absolute Gasteiger partial charge is 0.381 e. The van der Waals surface area contributed by atoms with E-state index in [0.717, 1.165) is 54.0 Å². The monoisotopic (exact) mass is 374 g/mol. The Bertz CT molecular complexity index is 1150. The van der Waals surface area contributed by atoms with Crippen molar-refractivity contribution < 1.29 is 4.74 Å². The molecule has 2 fully saturated rings. The summed E-state index contributed by atoms with van der Waals surface area (Å²) < 4.78 is 9.97. The summed E-state index contributed by atoms with van der Waals surface area (Å²) in [5.74, 6) is 1.63. The van der Waals surface area contributed by atoms with E-state index in [2.05, 4.69) is 44.3 Å². The molecule has 0 amide bonds. The number of ether oxygens (including phenoxy) is 1. The topological polar surface area (TPSA) is 70.7 Å². The summed E-state index contributed by atoms with van der Waals surface area (Å²) >= 11 is 0. The van der Waals surface area contributed by atoms with Crippen molar-refractivity contribution in [1.82, 2.24) is 29.5 Å². The lowest BCUT2D eigenvalue weighted by atomic mass is 10.1. The molecule has 1 aromatic carbocycles. The number of hydrogen-bond donors (Lipinski definition) is 0. The first-order valence-electron chi connectivity index (χ1n) is 10.1. The molecule has 6 rings (SSSR count). The molecule has 0 bridgehead atoms. The minimum atomic E-state index is 0.381. The average Bonchev–Trinajstić information content (AvgIpc) is 3.37. The number of aromatic nitrogens is 6. The van der Waals surface area contributed by atoms with Crippen molar-refractivity contribution in [3.8, 4) is 0 Å². The lowest BCUT2D eigenvalue weighted by Crippen LogP contribution is -2.22. The van der Waals surface area contributed by atoms with Crippen LogP contribution in [-0.4, -0.2) is 42.7 Å². The molecule has 1 aliphatic heterocycles. The van der Waals surface area contributed by atoms with Gasteiger partial charge in [-0.3, -0.25) is 4.98 Å². The third kappa shape index (κ3) is 2.69. The van der Waals surface area contributed by atoms with Crippen LogP contribution in [0.4, 0.5) is 0 Å². The van der Waals surface area contributed by atoms with Gasteiger partial charge in [-0.05, 0) is 31.7 Å². The normalized spacial score (nSPS) is 18.3. The number of fused-ring (bicyclic) bond motifs is 3. The second kappa shape index (κ2) is 6.38. The first-order valence-corrected chi connectivity index (χ1v) is 10.1. The zero-order chi connectivity index (χ0) is 18.5. The molecule has 1 saturated heterocycles. The van der Waals surface area contributed by atoms with E-state index in [1.54, 1.807) is 0 Å². The van der Waals surface area contributed by atoms with Crippen LogP contribution in [-0.2, 0) is 11.3 Å². The molecule has 3 aromatic heterocycles. The first-order chi connectivity index (χ1) is 13.9. The molecule has 142 valence electrons. The minimum absolute atomic E-state index is 0.381. The Morgan fingerprint density at radius 1 is 1.04 bits per heavy atom. The fraction of sp³-hybridized carbons (Fsp3) is 0.429. The quantitative estimate of drug-likeness (QED) is 0.547. The van der Waals surface area contributed by atoms with Crippen molar-refractivity contribution in [2.45, 2.75) is 44.2 Å². The highest BCUT2D eigenvalue weighted by Gasteiger charge is 2.27. The average molecular weight is 374 g/mol. The summed E-state index contributed by atoms with van der Waals surface area (Å²) in [6.07, 6.45) is 8.45. The van der Waals surface area contributed by atoms with Crippen LogP contribution in [0.15, 0.2) is 36.7 Å². The van der Waals surface area contributed by atoms with E-state index < -0.39 is 0 Å². The molecule has 7 nitrogen and oxygen atoms in total. The van der Waals surface area contributed by atoms with Crippen LogP contribution >= 0.6 is 0 Å². The van der Waals surface area contributed by atoms with Crippen LogP contribution < -0.4 is 0 Å². The lowest BCUT2D eigenvalue weighted by molar-refractivity contribution is 0.0698. The van der Waals surface area contributed by atoms with Gasteiger partial charge in [0.2, 0.25) is 0 Å².